The Morgan fingerprint density at radius 1 is 1.18 bits per heavy atom. The molecule has 2 heterocycles. The highest BCUT2D eigenvalue weighted by Crippen LogP contribution is 2.46. The Hall–Kier alpha value is -2.82. The van der Waals surface area contributed by atoms with E-state index < -0.39 is 36.6 Å². The van der Waals surface area contributed by atoms with Gasteiger partial charge >= 0.3 is 12.1 Å². The molecule has 0 amide bonds. The van der Waals surface area contributed by atoms with Gasteiger partial charge in [0.1, 0.15) is 18.0 Å². The van der Waals surface area contributed by atoms with Crippen LogP contribution in [0.5, 0.6) is 5.75 Å². The number of aromatic nitrogens is 3. The van der Waals surface area contributed by atoms with E-state index in [0.29, 0.717) is 5.56 Å². The number of rotatable bonds is 5. The Labute approximate surface area is 202 Å². The molecule has 0 bridgehead atoms. The van der Waals surface area contributed by atoms with E-state index in [1.807, 2.05) is 0 Å². The second-order valence-electron chi connectivity index (χ2n) is 7.29. The molecule has 180 valence electrons. The first kappa shape index (κ1) is 24.3. The van der Waals surface area contributed by atoms with Crippen LogP contribution >= 0.6 is 23.2 Å². The largest absolute Gasteiger partial charge is 0.495 e. The van der Waals surface area contributed by atoms with Crippen LogP contribution in [-0.4, -0.2) is 34.5 Å². The number of hydrogen-bond donors (Lipinski definition) is 0. The van der Waals surface area contributed by atoms with E-state index in [4.69, 9.17) is 37.4 Å². The molecule has 3 aromatic rings. The number of carbonyl (C=O) groups excluding carboxylic acids is 1. The number of methoxy groups -OCH3 is 1. The van der Waals surface area contributed by atoms with Gasteiger partial charge in [0.15, 0.2) is 5.82 Å². The van der Waals surface area contributed by atoms with Crippen molar-refractivity contribution >= 4 is 29.2 Å². The van der Waals surface area contributed by atoms with E-state index >= 15 is 0 Å². The topological polar surface area (TPSA) is 75.5 Å². The van der Waals surface area contributed by atoms with Crippen LogP contribution in [-0.2, 0) is 20.4 Å². The van der Waals surface area contributed by atoms with Crippen LogP contribution in [0.25, 0.3) is 5.69 Å². The summed E-state index contributed by atoms with van der Waals surface area (Å²) in [4.78, 5) is 12.3. The molecule has 0 spiro atoms. The van der Waals surface area contributed by atoms with Crippen molar-refractivity contribution in [3.05, 3.63) is 69.2 Å². The summed E-state index contributed by atoms with van der Waals surface area (Å²) < 4.78 is 59.3. The highest BCUT2D eigenvalue weighted by molar-refractivity contribution is 6.32. The third-order valence-electron chi connectivity index (χ3n) is 5.18. The maximum atomic E-state index is 13.9. The second-order valence-corrected chi connectivity index (χ2v) is 8.14. The van der Waals surface area contributed by atoms with Gasteiger partial charge in [0, 0.05) is 16.1 Å². The molecule has 0 saturated carbocycles. The van der Waals surface area contributed by atoms with Crippen molar-refractivity contribution in [2.75, 3.05) is 13.7 Å². The van der Waals surface area contributed by atoms with Gasteiger partial charge in [-0.25, -0.2) is 0 Å². The number of ether oxygens (including phenoxy) is 3. The van der Waals surface area contributed by atoms with Gasteiger partial charge in [-0.1, -0.05) is 35.3 Å². The van der Waals surface area contributed by atoms with Crippen molar-refractivity contribution in [3.63, 3.8) is 0 Å². The normalized spacial score (nSPS) is 17.5. The Kier molecular flexibility index (Phi) is 6.75. The zero-order valence-electron chi connectivity index (χ0n) is 17.9. The van der Waals surface area contributed by atoms with Crippen molar-refractivity contribution in [1.82, 2.24) is 14.8 Å². The summed E-state index contributed by atoms with van der Waals surface area (Å²) in [6.07, 6.45) is -7.47. The number of alkyl halides is 3. The smallest absolute Gasteiger partial charge is 0.452 e. The third-order valence-corrected chi connectivity index (χ3v) is 5.72. The minimum Gasteiger partial charge on any atom is -0.495 e. The van der Waals surface area contributed by atoms with Crippen molar-refractivity contribution < 1.29 is 32.2 Å². The molecule has 34 heavy (non-hydrogen) atoms. The van der Waals surface area contributed by atoms with Crippen LogP contribution in [0.2, 0.25) is 10.0 Å². The highest BCUT2D eigenvalue weighted by atomic mass is 35.5. The molecule has 12 heteroatoms. The number of nitrogens with zero attached hydrogens (tertiary/aromatic N) is 3. The van der Waals surface area contributed by atoms with E-state index in [1.165, 1.54) is 25.3 Å². The van der Waals surface area contributed by atoms with Crippen LogP contribution in [0.3, 0.4) is 0 Å². The molecule has 0 unspecified atom stereocenters. The first-order valence-corrected chi connectivity index (χ1v) is 10.9. The fraction of sp³-hybridized carbons (Fsp3) is 0.318. The molecule has 7 nitrogen and oxygen atoms in total. The molecule has 4 rings (SSSR count). The summed E-state index contributed by atoms with van der Waals surface area (Å²) in [5.74, 6) is -1.87. The van der Waals surface area contributed by atoms with Gasteiger partial charge in [-0.05, 0) is 31.2 Å². The van der Waals surface area contributed by atoms with Crippen molar-refractivity contribution in [3.8, 4) is 11.4 Å². The van der Waals surface area contributed by atoms with Gasteiger partial charge in [0.25, 0.3) is 0 Å². The standard InChI is InChI=1S/C22H18Cl2F3N3O4/c1-3-33-17(31)10-16-20-28-29-21(22(25,26)27)30(20)15-8-7-11(23)9-13(15)18(34-16)12-5-4-6-14(24)19(12)32-2/h4-9,16,18H,3,10H2,1-2H3/t16-,18-/m1/s1. The van der Waals surface area contributed by atoms with Crippen molar-refractivity contribution in [1.29, 1.82) is 0 Å². The molecule has 0 saturated heterocycles. The quantitative estimate of drug-likeness (QED) is 0.404. The maximum Gasteiger partial charge on any atom is 0.452 e. The Morgan fingerprint density at radius 3 is 2.62 bits per heavy atom. The number of hydrogen-bond acceptors (Lipinski definition) is 6. The number of benzene rings is 2. The molecular formula is C22H18Cl2F3N3O4. The predicted octanol–water partition coefficient (Wildman–Crippen LogP) is 5.72. The van der Waals surface area contributed by atoms with Gasteiger partial charge in [-0.2, -0.15) is 13.2 Å². The molecule has 1 aliphatic heterocycles. The molecular weight excluding hydrogens is 498 g/mol. The SMILES string of the molecule is CCOC(=O)C[C@H]1O[C@H](c2cccc(Cl)c2OC)c2cc(Cl)ccc2-n2c1nnc2C(F)(F)F. The Morgan fingerprint density at radius 2 is 1.94 bits per heavy atom. The molecule has 1 aromatic heterocycles. The van der Waals surface area contributed by atoms with E-state index in [-0.39, 0.29) is 39.5 Å². The first-order chi connectivity index (χ1) is 16.2. The van der Waals surface area contributed by atoms with E-state index in [2.05, 4.69) is 10.2 Å². The maximum absolute atomic E-state index is 13.9. The molecule has 1 aliphatic rings. The lowest BCUT2D eigenvalue weighted by Crippen LogP contribution is -2.18. The fourth-order valence-electron chi connectivity index (χ4n) is 3.86. The summed E-state index contributed by atoms with van der Waals surface area (Å²) >= 11 is 12.5. The zero-order chi connectivity index (χ0) is 24.6. The van der Waals surface area contributed by atoms with Crippen molar-refractivity contribution in [2.24, 2.45) is 0 Å². The number of esters is 1. The zero-order valence-corrected chi connectivity index (χ0v) is 19.4. The lowest BCUT2D eigenvalue weighted by molar-refractivity contribution is -0.147. The van der Waals surface area contributed by atoms with Gasteiger partial charge in [-0.15, -0.1) is 10.2 Å². The molecule has 0 radical (unpaired) electrons. The molecule has 2 aromatic carbocycles. The van der Waals surface area contributed by atoms with Crippen LogP contribution in [0.1, 0.15) is 48.3 Å². The molecule has 2 atom stereocenters. The monoisotopic (exact) mass is 515 g/mol. The average Bonchev–Trinajstić information content (AvgIpc) is 3.17. The van der Waals surface area contributed by atoms with Crippen LogP contribution in [0, 0.1) is 0 Å². The van der Waals surface area contributed by atoms with Gasteiger partial charge in [0.05, 0.1) is 30.8 Å². The average molecular weight is 516 g/mol. The molecule has 0 aliphatic carbocycles. The van der Waals surface area contributed by atoms with E-state index in [0.717, 1.165) is 4.57 Å². The second kappa shape index (κ2) is 9.44. The minimum atomic E-state index is -4.83. The van der Waals surface area contributed by atoms with Crippen LogP contribution < -0.4 is 4.74 Å². The predicted molar refractivity (Wildman–Crippen MR) is 116 cm³/mol. The highest BCUT2D eigenvalue weighted by Gasteiger charge is 2.44. The molecule has 0 N–H and O–H groups in total. The van der Waals surface area contributed by atoms with E-state index in [1.54, 1.807) is 25.1 Å². The van der Waals surface area contributed by atoms with Crippen molar-refractivity contribution in [2.45, 2.75) is 31.7 Å². The van der Waals surface area contributed by atoms with Gasteiger partial charge < -0.3 is 14.2 Å². The Balaban J connectivity index is 2.00. The number of para-hydroxylation sites is 1. The van der Waals surface area contributed by atoms with Crippen LogP contribution in [0.4, 0.5) is 13.2 Å². The summed E-state index contributed by atoms with van der Waals surface area (Å²) in [5.41, 5.74) is 0.806. The summed E-state index contributed by atoms with van der Waals surface area (Å²) in [5, 5.41) is 7.65. The van der Waals surface area contributed by atoms with E-state index in [9.17, 15) is 18.0 Å². The summed E-state index contributed by atoms with van der Waals surface area (Å²) in [6.45, 7) is 1.71. The number of halogens is 5. The lowest BCUT2D eigenvalue weighted by atomic mass is 9.98. The number of carbonyl (C=O) groups is 1. The Bertz CT molecular complexity index is 1230. The first-order valence-electron chi connectivity index (χ1n) is 10.1. The minimum absolute atomic E-state index is 0.0907. The lowest BCUT2D eigenvalue weighted by Gasteiger charge is -2.24. The van der Waals surface area contributed by atoms with Crippen LogP contribution in [0.15, 0.2) is 36.4 Å². The third kappa shape index (κ3) is 4.45. The number of fused-ring (bicyclic) bond motifs is 3. The van der Waals surface area contributed by atoms with Gasteiger partial charge in [0.2, 0.25) is 5.82 Å². The summed E-state index contributed by atoms with van der Waals surface area (Å²) in [6, 6.07) is 9.27. The fourth-order valence-corrected chi connectivity index (χ4v) is 4.30. The molecule has 0 fully saturated rings. The summed E-state index contributed by atoms with van der Waals surface area (Å²) in [7, 11) is 1.41. The van der Waals surface area contributed by atoms with Gasteiger partial charge in [-0.3, -0.25) is 9.36 Å².